The third-order valence-electron chi connectivity index (χ3n) is 5.63. The normalized spacial score (nSPS) is 14.7. The molecule has 3 aromatic heterocycles. The van der Waals surface area contributed by atoms with Gasteiger partial charge in [0.1, 0.15) is 6.04 Å². The number of carbonyl (C=O) groups excluding carboxylic acids is 1. The maximum absolute atomic E-state index is 13.4. The third-order valence-corrected chi connectivity index (χ3v) is 5.63. The Hall–Kier alpha value is -4.73. The number of hydrogen-bond donors (Lipinski definition) is 2. The molecule has 0 saturated carbocycles. The van der Waals surface area contributed by atoms with Gasteiger partial charge in [0, 0.05) is 23.7 Å². The van der Waals surface area contributed by atoms with Crippen molar-refractivity contribution in [2.75, 3.05) is 24.9 Å². The van der Waals surface area contributed by atoms with Crippen LogP contribution in [0.4, 0.5) is 11.6 Å². The molecule has 1 aliphatic rings. The lowest BCUT2D eigenvalue weighted by atomic mass is 9.98. The summed E-state index contributed by atoms with van der Waals surface area (Å²) in [4.78, 5) is 26.7. The standard InChI is InChI=1S/C25H23N7O3/c1-15-21(24(33)29-17-7-6-11-26-14-17)22(18-8-4-5-12-27-18)32-25(28-15)30-23(31-32)16-9-10-19(34-2)20(13-16)35-3/h4-14,22H,1-3H3,(H,29,33)(H,28,30,31)/t22-/m1/s1. The molecule has 0 radical (unpaired) electrons. The van der Waals surface area contributed by atoms with E-state index in [4.69, 9.17) is 19.6 Å². The Balaban J connectivity index is 1.58. The lowest BCUT2D eigenvalue weighted by molar-refractivity contribution is -0.113. The smallest absolute Gasteiger partial charge is 0.255 e. The first-order chi connectivity index (χ1) is 17.1. The van der Waals surface area contributed by atoms with Crippen LogP contribution in [0.2, 0.25) is 0 Å². The minimum atomic E-state index is -0.592. The second kappa shape index (κ2) is 9.26. The number of nitrogens with one attached hydrogen (secondary N) is 2. The summed E-state index contributed by atoms with van der Waals surface area (Å²) in [6.45, 7) is 1.84. The summed E-state index contributed by atoms with van der Waals surface area (Å²) in [5, 5.41) is 10.9. The van der Waals surface area contributed by atoms with Gasteiger partial charge in [0.05, 0.1) is 37.4 Å². The molecular weight excluding hydrogens is 446 g/mol. The monoisotopic (exact) mass is 469 g/mol. The Kier molecular flexibility index (Phi) is 5.84. The summed E-state index contributed by atoms with van der Waals surface area (Å²) < 4.78 is 12.5. The van der Waals surface area contributed by atoms with Crippen LogP contribution >= 0.6 is 0 Å². The number of aromatic nitrogens is 5. The maximum atomic E-state index is 13.4. The highest BCUT2D eigenvalue weighted by Gasteiger charge is 2.35. The van der Waals surface area contributed by atoms with Crippen LogP contribution in [0.5, 0.6) is 11.5 Å². The molecule has 1 atom stereocenters. The molecule has 0 fully saturated rings. The minimum Gasteiger partial charge on any atom is -0.493 e. The van der Waals surface area contributed by atoms with Crippen LogP contribution in [0.15, 0.2) is 78.4 Å². The van der Waals surface area contributed by atoms with Crippen molar-refractivity contribution in [3.05, 3.63) is 84.1 Å². The van der Waals surface area contributed by atoms with E-state index in [0.717, 1.165) is 5.56 Å². The number of fused-ring (bicyclic) bond motifs is 1. The molecule has 1 amide bonds. The van der Waals surface area contributed by atoms with Crippen molar-refractivity contribution in [2.24, 2.45) is 0 Å². The molecule has 0 saturated heterocycles. The Bertz CT molecular complexity index is 1400. The van der Waals surface area contributed by atoms with Crippen LogP contribution in [-0.2, 0) is 4.79 Å². The minimum absolute atomic E-state index is 0.285. The Morgan fingerprint density at radius 3 is 2.63 bits per heavy atom. The van der Waals surface area contributed by atoms with Crippen molar-refractivity contribution in [1.29, 1.82) is 0 Å². The number of carbonyl (C=O) groups is 1. The Labute approximate surface area is 201 Å². The number of amides is 1. The highest BCUT2D eigenvalue weighted by molar-refractivity contribution is 6.05. The van der Waals surface area contributed by atoms with Gasteiger partial charge in [-0.2, -0.15) is 4.98 Å². The van der Waals surface area contributed by atoms with Gasteiger partial charge < -0.3 is 20.1 Å². The summed E-state index contributed by atoms with van der Waals surface area (Å²) in [5.41, 5.74) is 3.12. The second-order valence-corrected chi connectivity index (χ2v) is 7.79. The number of anilines is 2. The van der Waals surface area contributed by atoms with Crippen molar-refractivity contribution < 1.29 is 14.3 Å². The number of hydrogen-bond acceptors (Lipinski definition) is 8. The molecule has 176 valence electrons. The summed E-state index contributed by atoms with van der Waals surface area (Å²) in [7, 11) is 3.16. The molecular formula is C25H23N7O3. The first-order valence-electron chi connectivity index (χ1n) is 10.9. The van der Waals surface area contributed by atoms with E-state index in [1.807, 2.05) is 37.3 Å². The maximum Gasteiger partial charge on any atom is 0.255 e. The van der Waals surface area contributed by atoms with E-state index >= 15 is 0 Å². The zero-order valence-corrected chi connectivity index (χ0v) is 19.4. The average Bonchev–Trinajstić information content (AvgIpc) is 3.32. The number of allylic oxidation sites excluding steroid dienone is 1. The molecule has 0 bridgehead atoms. The predicted octanol–water partition coefficient (Wildman–Crippen LogP) is 3.68. The molecule has 0 aliphatic carbocycles. The molecule has 4 aromatic rings. The fraction of sp³-hybridized carbons (Fsp3) is 0.160. The van der Waals surface area contributed by atoms with Gasteiger partial charge in [0.25, 0.3) is 5.91 Å². The van der Waals surface area contributed by atoms with Gasteiger partial charge in [-0.3, -0.25) is 14.8 Å². The van der Waals surface area contributed by atoms with Crippen LogP contribution in [0.1, 0.15) is 18.7 Å². The highest BCUT2D eigenvalue weighted by atomic mass is 16.5. The number of methoxy groups -OCH3 is 2. The predicted molar refractivity (Wildman–Crippen MR) is 130 cm³/mol. The fourth-order valence-electron chi connectivity index (χ4n) is 3.99. The lowest BCUT2D eigenvalue weighted by Gasteiger charge is -2.27. The first kappa shape index (κ1) is 22.1. The van der Waals surface area contributed by atoms with Gasteiger partial charge in [-0.1, -0.05) is 6.07 Å². The van der Waals surface area contributed by atoms with Crippen LogP contribution in [0.25, 0.3) is 11.4 Å². The van der Waals surface area contributed by atoms with Crippen molar-refractivity contribution in [3.8, 4) is 22.9 Å². The van der Waals surface area contributed by atoms with E-state index in [1.165, 1.54) is 0 Å². The second-order valence-electron chi connectivity index (χ2n) is 7.79. The number of pyridine rings is 2. The largest absolute Gasteiger partial charge is 0.493 e. The van der Waals surface area contributed by atoms with Crippen LogP contribution in [-0.4, -0.2) is 44.9 Å². The van der Waals surface area contributed by atoms with E-state index in [9.17, 15) is 4.79 Å². The number of ether oxygens (including phenoxy) is 2. The zero-order chi connectivity index (χ0) is 24.4. The average molecular weight is 470 g/mol. The quantitative estimate of drug-likeness (QED) is 0.439. The molecule has 5 rings (SSSR count). The van der Waals surface area contributed by atoms with Gasteiger partial charge in [-0.15, -0.1) is 5.10 Å². The SMILES string of the molecule is COc1ccc(-c2nc3n(n2)[C@H](c2ccccn2)C(C(=O)Nc2cccnc2)=C(C)N3)cc1OC. The molecule has 2 N–H and O–H groups in total. The van der Waals surface area contributed by atoms with Gasteiger partial charge in [-0.05, 0) is 49.4 Å². The summed E-state index contributed by atoms with van der Waals surface area (Å²) in [5.74, 6) is 1.86. The molecule has 35 heavy (non-hydrogen) atoms. The van der Waals surface area contributed by atoms with E-state index in [1.54, 1.807) is 55.7 Å². The summed E-state index contributed by atoms with van der Waals surface area (Å²) in [6.07, 6.45) is 4.93. The number of nitrogens with zero attached hydrogens (tertiary/aromatic N) is 5. The van der Waals surface area contributed by atoms with E-state index in [-0.39, 0.29) is 5.91 Å². The summed E-state index contributed by atoms with van der Waals surface area (Å²) >= 11 is 0. The number of rotatable bonds is 6. The van der Waals surface area contributed by atoms with Crippen molar-refractivity contribution in [1.82, 2.24) is 24.7 Å². The molecule has 4 heterocycles. The number of benzene rings is 1. The summed E-state index contributed by atoms with van der Waals surface area (Å²) in [6, 6.07) is 14.0. The zero-order valence-electron chi connectivity index (χ0n) is 19.4. The van der Waals surface area contributed by atoms with E-state index < -0.39 is 6.04 Å². The first-order valence-corrected chi connectivity index (χ1v) is 10.9. The van der Waals surface area contributed by atoms with E-state index in [2.05, 4.69) is 20.6 Å². The highest BCUT2D eigenvalue weighted by Crippen LogP contribution is 2.37. The van der Waals surface area contributed by atoms with Gasteiger partial charge in [0.2, 0.25) is 5.95 Å². The van der Waals surface area contributed by atoms with Crippen molar-refractivity contribution >= 4 is 17.5 Å². The van der Waals surface area contributed by atoms with Gasteiger partial charge in [-0.25, -0.2) is 4.68 Å². The molecule has 10 nitrogen and oxygen atoms in total. The van der Waals surface area contributed by atoms with Gasteiger partial charge >= 0.3 is 0 Å². The van der Waals surface area contributed by atoms with Crippen LogP contribution in [0.3, 0.4) is 0 Å². The molecule has 1 aromatic carbocycles. The Morgan fingerprint density at radius 2 is 1.91 bits per heavy atom. The topological polar surface area (TPSA) is 116 Å². The van der Waals surface area contributed by atoms with Crippen LogP contribution < -0.4 is 20.1 Å². The molecule has 0 unspecified atom stereocenters. The third kappa shape index (κ3) is 4.17. The van der Waals surface area contributed by atoms with Crippen LogP contribution in [0, 0.1) is 0 Å². The van der Waals surface area contributed by atoms with Crippen molar-refractivity contribution in [2.45, 2.75) is 13.0 Å². The molecule has 10 heteroatoms. The van der Waals surface area contributed by atoms with E-state index in [0.29, 0.717) is 45.9 Å². The fourth-order valence-corrected chi connectivity index (χ4v) is 3.99. The van der Waals surface area contributed by atoms with Gasteiger partial charge in [0.15, 0.2) is 17.3 Å². The Morgan fingerprint density at radius 1 is 1.06 bits per heavy atom. The molecule has 1 aliphatic heterocycles. The lowest BCUT2D eigenvalue weighted by Crippen LogP contribution is -2.32. The molecule has 0 spiro atoms. The van der Waals surface area contributed by atoms with Crippen molar-refractivity contribution in [3.63, 3.8) is 0 Å².